The zero-order valence-electron chi connectivity index (χ0n) is 22.4. The molecule has 0 fully saturated rings. The van der Waals surface area contributed by atoms with Crippen molar-refractivity contribution in [1.29, 1.82) is 0 Å². The van der Waals surface area contributed by atoms with Crippen LogP contribution in [-0.4, -0.2) is 33.9 Å². The third-order valence-electron chi connectivity index (χ3n) is 6.26. The lowest BCUT2D eigenvalue weighted by molar-refractivity contribution is -0.139. The molecule has 202 valence electrons. The number of unbranched alkanes of at least 4 members (excludes halogenated alkanes) is 1. The molecule has 2 heterocycles. The summed E-state index contributed by atoms with van der Waals surface area (Å²) in [6, 6.07) is 15.1. The van der Waals surface area contributed by atoms with E-state index >= 15 is 0 Å². The Hall–Kier alpha value is -2.97. The Bertz CT molecular complexity index is 1270. The number of esters is 1. The van der Waals surface area contributed by atoms with Gasteiger partial charge in [-0.05, 0) is 55.0 Å². The third kappa shape index (κ3) is 6.91. The second-order valence-corrected chi connectivity index (χ2v) is 11.0. The maximum Gasteiger partial charge on any atom is 0.338 e. The van der Waals surface area contributed by atoms with Crippen LogP contribution in [0.4, 0.5) is 5.95 Å². The molecular weight excluding hydrogens is 520 g/mol. The van der Waals surface area contributed by atoms with Crippen LogP contribution in [0.5, 0.6) is 5.75 Å². The molecule has 2 aromatic carbocycles. The first-order valence-electron chi connectivity index (χ1n) is 13.1. The highest BCUT2D eigenvalue weighted by atomic mass is 35.5. The first-order chi connectivity index (χ1) is 18.4. The van der Waals surface area contributed by atoms with E-state index in [1.165, 1.54) is 11.8 Å². The van der Waals surface area contributed by atoms with Crippen LogP contribution in [0.15, 0.2) is 65.0 Å². The number of allylic oxidation sites excluding steroid dienone is 1. The molecule has 1 N–H and O–H groups in total. The Morgan fingerprint density at radius 1 is 1.16 bits per heavy atom. The minimum absolute atomic E-state index is 0.350. The second kappa shape index (κ2) is 13.2. The van der Waals surface area contributed by atoms with Gasteiger partial charge in [0.2, 0.25) is 11.1 Å². The molecule has 1 aliphatic rings. The van der Waals surface area contributed by atoms with Crippen molar-refractivity contribution in [2.24, 2.45) is 5.92 Å². The van der Waals surface area contributed by atoms with E-state index in [2.05, 4.69) is 26.1 Å². The first-order valence-corrected chi connectivity index (χ1v) is 14.4. The Kier molecular flexibility index (Phi) is 9.74. The monoisotopic (exact) mass is 554 g/mol. The average molecular weight is 555 g/mol. The van der Waals surface area contributed by atoms with Gasteiger partial charge in [0, 0.05) is 16.5 Å². The van der Waals surface area contributed by atoms with Crippen LogP contribution in [0, 0.1) is 5.92 Å². The fourth-order valence-electron chi connectivity index (χ4n) is 4.07. The van der Waals surface area contributed by atoms with Crippen molar-refractivity contribution in [2.75, 3.05) is 18.5 Å². The second-order valence-electron chi connectivity index (χ2n) is 9.70. The standard InChI is InChI=1S/C29H35ClN4O3S/c1-5-6-16-37-27(35)25-20(4)31-28-32-29(38-18-22-9-7-8-10-24(22)30)33-34(28)26(25)21-11-13-23(14-12-21)36-17-15-19(2)3/h7-14,19,26H,5-6,15-18H2,1-4H3,(H,31,32,33). The van der Waals surface area contributed by atoms with Gasteiger partial charge in [0.05, 0.1) is 18.8 Å². The quantitative estimate of drug-likeness (QED) is 0.143. The van der Waals surface area contributed by atoms with Crippen molar-refractivity contribution in [3.8, 4) is 5.75 Å². The van der Waals surface area contributed by atoms with Crippen molar-refractivity contribution in [1.82, 2.24) is 14.8 Å². The fourth-order valence-corrected chi connectivity index (χ4v) is 5.18. The number of hydrogen-bond acceptors (Lipinski definition) is 7. The number of fused-ring (bicyclic) bond motifs is 1. The van der Waals surface area contributed by atoms with Crippen LogP contribution in [0.1, 0.15) is 64.1 Å². The summed E-state index contributed by atoms with van der Waals surface area (Å²) in [6.07, 6.45) is 2.75. The van der Waals surface area contributed by atoms with Crippen molar-refractivity contribution in [2.45, 2.75) is 63.9 Å². The summed E-state index contributed by atoms with van der Waals surface area (Å²) in [7, 11) is 0. The summed E-state index contributed by atoms with van der Waals surface area (Å²) in [5.74, 6) is 2.24. The number of hydrogen-bond donors (Lipinski definition) is 1. The molecule has 0 bridgehead atoms. The summed E-state index contributed by atoms with van der Waals surface area (Å²) >= 11 is 7.84. The van der Waals surface area contributed by atoms with Gasteiger partial charge >= 0.3 is 5.97 Å². The predicted molar refractivity (Wildman–Crippen MR) is 153 cm³/mol. The highest BCUT2D eigenvalue weighted by molar-refractivity contribution is 7.98. The van der Waals surface area contributed by atoms with E-state index in [1.54, 1.807) is 4.68 Å². The number of carbonyl (C=O) groups is 1. The summed E-state index contributed by atoms with van der Waals surface area (Å²) in [5, 5.41) is 9.37. The van der Waals surface area contributed by atoms with Gasteiger partial charge in [-0.3, -0.25) is 0 Å². The highest BCUT2D eigenvalue weighted by Crippen LogP contribution is 2.38. The van der Waals surface area contributed by atoms with Crippen LogP contribution in [0.2, 0.25) is 5.02 Å². The molecule has 1 aromatic heterocycles. The van der Waals surface area contributed by atoms with E-state index in [9.17, 15) is 4.79 Å². The van der Waals surface area contributed by atoms with Gasteiger partial charge in [-0.25, -0.2) is 9.48 Å². The van der Waals surface area contributed by atoms with E-state index in [0.29, 0.717) is 52.3 Å². The number of nitrogens with zero attached hydrogens (tertiary/aromatic N) is 3. The van der Waals surface area contributed by atoms with E-state index in [1.807, 2.05) is 55.5 Å². The molecule has 0 spiro atoms. The molecule has 1 aliphatic heterocycles. The number of rotatable bonds is 12. The van der Waals surface area contributed by atoms with Crippen molar-refractivity contribution < 1.29 is 14.3 Å². The van der Waals surface area contributed by atoms with Gasteiger partial charge in [-0.2, -0.15) is 4.98 Å². The summed E-state index contributed by atoms with van der Waals surface area (Å²) < 4.78 is 13.3. The molecule has 0 saturated carbocycles. The summed E-state index contributed by atoms with van der Waals surface area (Å²) in [4.78, 5) is 18.0. The molecule has 0 amide bonds. The molecule has 38 heavy (non-hydrogen) atoms. The lowest BCUT2D eigenvalue weighted by Crippen LogP contribution is -2.29. The van der Waals surface area contributed by atoms with E-state index in [4.69, 9.17) is 31.2 Å². The number of carbonyl (C=O) groups excluding carboxylic acids is 1. The molecule has 1 unspecified atom stereocenters. The molecule has 0 saturated heterocycles. The normalized spacial score (nSPS) is 14.8. The van der Waals surface area contributed by atoms with Crippen LogP contribution >= 0.6 is 23.4 Å². The Labute approximate surface area is 234 Å². The SMILES string of the molecule is CCCCOC(=O)C1=C(C)Nc2nc(SCc3ccccc3Cl)nn2C1c1ccc(OCCC(C)C)cc1. The van der Waals surface area contributed by atoms with Gasteiger partial charge < -0.3 is 14.8 Å². The number of anilines is 1. The number of nitrogens with one attached hydrogen (secondary N) is 1. The van der Waals surface area contributed by atoms with Crippen LogP contribution in [-0.2, 0) is 15.3 Å². The van der Waals surface area contributed by atoms with Crippen molar-refractivity contribution in [3.63, 3.8) is 0 Å². The molecule has 3 aromatic rings. The van der Waals surface area contributed by atoms with Gasteiger partial charge in [0.15, 0.2) is 0 Å². The summed E-state index contributed by atoms with van der Waals surface area (Å²) in [6.45, 7) is 9.34. The Morgan fingerprint density at radius 2 is 1.92 bits per heavy atom. The van der Waals surface area contributed by atoms with Crippen LogP contribution in [0.3, 0.4) is 0 Å². The predicted octanol–water partition coefficient (Wildman–Crippen LogP) is 7.28. The molecule has 7 nitrogen and oxygen atoms in total. The Balaban J connectivity index is 1.61. The van der Waals surface area contributed by atoms with Gasteiger partial charge in [0.1, 0.15) is 11.8 Å². The Morgan fingerprint density at radius 3 is 2.63 bits per heavy atom. The molecule has 4 rings (SSSR count). The number of ether oxygens (including phenoxy) is 2. The maximum atomic E-state index is 13.3. The van der Waals surface area contributed by atoms with Crippen LogP contribution in [0.25, 0.3) is 0 Å². The van der Waals surface area contributed by atoms with Crippen LogP contribution < -0.4 is 10.1 Å². The zero-order valence-corrected chi connectivity index (χ0v) is 23.9. The van der Waals surface area contributed by atoms with Gasteiger partial charge in [0.25, 0.3) is 0 Å². The molecule has 0 radical (unpaired) electrons. The van der Waals surface area contributed by atoms with Gasteiger partial charge in [-0.1, -0.05) is 80.9 Å². The number of halogens is 1. The largest absolute Gasteiger partial charge is 0.494 e. The minimum atomic E-state index is -0.479. The first kappa shape index (κ1) is 28.0. The lowest BCUT2D eigenvalue weighted by atomic mass is 9.96. The topological polar surface area (TPSA) is 78.3 Å². The van der Waals surface area contributed by atoms with Gasteiger partial charge in [-0.15, -0.1) is 5.10 Å². The van der Waals surface area contributed by atoms with E-state index < -0.39 is 6.04 Å². The smallest absolute Gasteiger partial charge is 0.338 e. The average Bonchev–Trinajstić information content (AvgIpc) is 3.30. The molecule has 1 atom stereocenters. The third-order valence-corrected chi connectivity index (χ3v) is 7.51. The number of aromatic nitrogens is 3. The fraction of sp³-hybridized carbons (Fsp3) is 0.414. The molecular formula is C29H35ClN4O3S. The number of thioether (sulfide) groups is 1. The zero-order chi connectivity index (χ0) is 27.1. The lowest BCUT2D eigenvalue weighted by Gasteiger charge is -2.28. The van der Waals surface area contributed by atoms with Crippen molar-refractivity contribution >= 4 is 35.3 Å². The molecule has 0 aliphatic carbocycles. The van der Waals surface area contributed by atoms with E-state index in [-0.39, 0.29) is 5.97 Å². The summed E-state index contributed by atoms with van der Waals surface area (Å²) in [5.41, 5.74) is 3.14. The highest BCUT2D eigenvalue weighted by Gasteiger charge is 2.35. The van der Waals surface area contributed by atoms with E-state index in [0.717, 1.165) is 36.1 Å². The van der Waals surface area contributed by atoms with Crippen molar-refractivity contribution in [3.05, 3.63) is 76.0 Å². The minimum Gasteiger partial charge on any atom is -0.494 e. The number of benzene rings is 2. The molecule has 9 heteroatoms. The maximum absolute atomic E-state index is 13.3.